The van der Waals surface area contributed by atoms with Gasteiger partial charge in [0.25, 0.3) is 5.91 Å². The van der Waals surface area contributed by atoms with Crippen molar-refractivity contribution in [2.75, 3.05) is 12.8 Å². The van der Waals surface area contributed by atoms with E-state index < -0.39 is 0 Å². The highest BCUT2D eigenvalue weighted by molar-refractivity contribution is 8.02. The van der Waals surface area contributed by atoms with Crippen LogP contribution in [0.2, 0.25) is 5.02 Å². The van der Waals surface area contributed by atoms with Gasteiger partial charge in [0.05, 0.1) is 11.1 Å². The fourth-order valence-electron chi connectivity index (χ4n) is 3.27. The predicted octanol–water partition coefficient (Wildman–Crippen LogP) is 6.73. The Labute approximate surface area is 195 Å². The van der Waals surface area contributed by atoms with E-state index in [0.717, 1.165) is 32.8 Å². The summed E-state index contributed by atoms with van der Waals surface area (Å²) in [5.41, 5.74) is 2.59. The Morgan fingerprint density at radius 1 is 0.968 bits per heavy atom. The van der Waals surface area contributed by atoms with Crippen LogP contribution in [0.1, 0.15) is 15.9 Å². The molecule has 0 unspecified atom stereocenters. The minimum atomic E-state index is -0.0902. The van der Waals surface area contributed by atoms with Crippen LogP contribution >= 0.6 is 35.1 Å². The zero-order chi connectivity index (χ0) is 21.6. The van der Waals surface area contributed by atoms with Crippen LogP contribution < -0.4 is 5.32 Å². The third-order valence-corrected chi connectivity index (χ3v) is 7.00. The molecule has 1 amide bonds. The Hall–Kier alpha value is -2.47. The summed E-state index contributed by atoms with van der Waals surface area (Å²) in [5, 5.41) is 5.43. The first-order valence-electron chi connectivity index (χ1n) is 9.87. The van der Waals surface area contributed by atoms with Crippen LogP contribution in [0, 0.1) is 0 Å². The number of carbonyl (C=O) groups is 1. The maximum Gasteiger partial charge on any atom is 0.252 e. The molecular weight excluding hydrogens is 444 g/mol. The van der Waals surface area contributed by atoms with Gasteiger partial charge < -0.3 is 5.32 Å². The van der Waals surface area contributed by atoms with E-state index in [1.54, 1.807) is 23.5 Å². The fraction of sp³-hybridized carbons (Fsp3) is 0.120. The summed E-state index contributed by atoms with van der Waals surface area (Å²) in [6.07, 6.45) is 2.81. The average Bonchev–Trinajstić information content (AvgIpc) is 2.80. The lowest BCUT2D eigenvalue weighted by Crippen LogP contribution is -2.26. The Balaban J connectivity index is 1.57. The molecule has 1 N–H and O–H groups in total. The van der Waals surface area contributed by atoms with Gasteiger partial charge in [0.1, 0.15) is 5.03 Å². The molecule has 4 rings (SSSR count). The van der Waals surface area contributed by atoms with E-state index in [1.807, 2.05) is 66.7 Å². The number of amides is 1. The van der Waals surface area contributed by atoms with Crippen molar-refractivity contribution in [1.82, 2.24) is 10.3 Å². The van der Waals surface area contributed by atoms with E-state index in [2.05, 4.69) is 23.7 Å². The first-order chi connectivity index (χ1) is 15.1. The first kappa shape index (κ1) is 21.8. The Morgan fingerprint density at radius 2 is 1.68 bits per heavy atom. The second-order valence-electron chi connectivity index (χ2n) is 6.91. The maximum absolute atomic E-state index is 13.1. The third kappa shape index (κ3) is 5.42. The Bertz CT molecular complexity index is 1210. The minimum absolute atomic E-state index is 0.0902. The van der Waals surface area contributed by atoms with Gasteiger partial charge in [0.2, 0.25) is 0 Å². The van der Waals surface area contributed by atoms with E-state index in [4.69, 9.17) is 16.6 Å². The third-order valence-electron chi connectivity index (χ3n) is 4.83. The highest BCUT2D eigenvalue weighted by Crippen LogP contribution is 2.35. The van der Waals surface area contributed by atoms with Crippen LogP contribution in [0.5, 0.6) is 0 Å². The molecule has 6 heteroatoms. The molecule has 31 heavy (non-hydrogen) atoms. The Morgan fingerprint density at radius 3 is 2.45 bits per heavy atom. The van der Waals surface area contributed by atoms with Crippen molar-refractivity contribution in [3.63, 3.8) is 0 Å². The quantitative estimate of drug-likeness (QED) is 0.308. The molecular formula is C25H21ClN2OS2. The predicted molar refractivity (Wildman–Crippen MR) is 132 cm³/mol. The van der Waals surface area contributed by atoms with Crippen LogP contribution in [-0.2, 0) is 6.42 Å². The molecule has 1 heterocycles. The van der Waals surface area contributed by atoms with Crippen molar-refractivity contribution in [3.05, 3.63) is 95.0 Å². The van der Waals surface area contributed by atoms with Crippen LogP contribution in [0.25, 0.3) is 10.9 Å². The summed E-state index contributed by atoms with van der Waals surface area (Å²) in [4.78, 5) is 20.2. The van der Waals surface area contributed by atoms with Gasteiger partial charge in [0.15, 0.2) is 0 Å². The van der Waals surface area contributed by atoms with Crippen LogP contribution in [0.4, 0.5) is 0 Å². The van der Waals surface area contributed by atoms with E-state index >= 15 is 0 Å². The number of halogens is 1. The SMILES string of the molecule is CSc1ccccc1Sc1cc(C(=O)NCCc2ccc(Cl)cc2)c2ccccc2n1. The van der Waals surface area contributed by atoms with E-state index in [1.165, 1.54) is 4.90 Å². The number of aromatic nitrogens is 1. The molecule has 3 nitrogen and oxygen atoms in total. The van der Waals surface area contributed by atoms with Crippen molar-refractivity contribution in [2.24, 2.45) is 0 Å². The number of benzene rings is 3. The molecule has 0 atom stereocenters. The van der Waals surface area contributed by atoms with Crippen molar-refractivity contribution >= 4 is 51.9 Å². The zero-order valence-electron chi connectivity index (χ0n) is 17.0. The molecule has 0 bridgehead atoms. The molecule has 3 aromatic carbocycles. The van der Waals surface area contributed by atoms with Gasteiger partial charge in [-0.1, -0.05) is 65.8 Å². The number of thioether (sulfide) groups is 1. The fourth-order valence-corrected chi connectivity index (χ4v) is 5.12. The van der Waals surface area contributed by atoms with Crippen LogP contribution in [-0.4, -0.2) is 23.7 Å². The summed E-state index contributed by atoms with van der Waals surface area (Å²) >= 11 is 9.23. The number of rotatable bonds is 7. The van der Waals surface area contributed by atoms with Crippen molar-refractivity contribution in [2.45, 2.75) is 21.2 Å². The van der Waals surface area contributed by atoms with E-state index in [-0.39, 0.29) is 5.91 Å². The van der Waals surface area contributed by atoms with Gasteiger partial charge >= 0.3 is 0 Å². The van der Waals surface area contributed by atoms with Gasteiger partial charge in [-0.25, -0.2) is 4.98 Å². The number of carbonyl (C=O) groups excluding carboxylic acids is 1. The summed E-state index contributed by atoms with van der Waals surface area (Å²) in [6.45, 7) is 0.550. The van der Waals surface area contributed by atoms with Crippen molar-refractivity contribution < 1.29 is 4.79 Å². The molecule has 0 saturated heterocycles. The molecule has 0 fully saturated rings. The number of para-hydroxylation sites is 1. The highest BCUT2D eigenvalue weighted by Gasteiger charge is 2.14. The lowest BCUT2D eigenvalue weighted by molar-refractivity contribution is 0.0955. The molecule has 0 aliphatic carbocycles. The number of nitrogens with zero attached hydrogens (tertiary/aromatic N) is 1. The summed E-state index contributed by atoms with van der Waals surface area (Å²) in [7, 11) is 0. The van der Waals surface area contributed by atoms with Crippen LogP contribution in [0.15, 0.2) is 93.7 Å². The second-order valence-corrected chi connectivity index (χ2v) is 9.26. The van der Waals surface area contributed by atoms with Gasteiger partial charge in [-0.2, -0.15) is 0 Å². The lowest BCUT2D eigenvalue weighted by atomic mass is 10.1. The molecule has 0 saturated carbocycles. The average molecular weight is 465 g/mol. The van der Waals surface area contributed by atoms with Gasteiger partial charge in [-0.3, -0.25) is 4.79 Å². The summed E-state index contributed by atoms with van der Waals surface area (Å²) in [5.74, 6) is -0.0902. The van der Waals surface area contributed by atoms with Crippen LogP contribution in [0.3, 0.4) is 0 Å². The lowest BCUT2D eigenvalue weighted by Gasteiger charge is -2.11. The zero-order valence-corrected chi connectivity index (χ0v) is 19.4. The van der Waals surface area contributed by atoms with E-state index in [0.29, 0.717) is 17.1 Å². The van der Waals surface area contributed by atoms with E-state index in [9.17, 15) is 4.79 Å². The summed E-state index contributed by atoms with van der Waals surface area (Å²) in [6, 6.07) is 25.6. The molecule has 0 aliphatic rings. The molecule has 156 valence electrons. The molecule has 0 radical (unpaired) electrons. The number of fused-ring (bicyclic) bond motifs is 1. The number of nitrogens with one attached hydrogen (secondary N) is 1. The van der Waals surface area contributed by atoms with Gasteiger partial charge in [-0.15, -0.1) is 11.8 Å². The minimum Gasteiger partial charge on any atom is -0.352 e. The topological polar surface area (TPSA) is 42.0 Å². The molecule has 1 aromatic heterocycles. The first-order valence-corrected chi connectivity index (χ1v) is 12.3. The monoisotopic (exact) mass is 464 g/mol. The molecule has 4 aromatic rings. The van der Waals surface area contributed by atoms with Gasteiger partial charge in [0, 0.05) is 26.7 Å². The Kier molecular flexibility index (Phi) is 7.17. The largest absolute Gasteiger partial charge is 0.352 e. The normalized spacial score (nSPS) is 10.9. The number of hydrogen-bond donors (Lipinski definition) is 1. The number of hydrogen-bond acceptors (Lipinski definition) is 4. The van der Waals surface area contributed by atoms with Gasteiger partial charge in [-0.05, 0) is 54.6 Å². The highest BCUT2D eigenvalue weighted by atomic mass is 35.5. The summed E-state index contributed by atoms with van der Waals surface area (Å²) < 4.78 is 0. The standard InChI is InChI=1S/C25H21ClN2OS2/c1-30-22-8-4-5-9-23(22)31-24-16-20(19-6-2-3-7-21(19)28-24)25(29)27-15-14-17-10-12-18(26)13-11-17/h2-13,16H,14-15H2,1H3,(H,27,29). The van der Waals surface area contributed by atoms with Crippen molar-refractivity contribution in [3.8, 4) is 0 Å². The molecule has 0 aliphatic heterocycles. The van der Waals surface area contributed by atoms with Crippen molar-refractivity contribution in [1.29, 1.82) is 0 Å². The second kappa shape index (κ2) is 10.2. The number of pyridine rings is 1. The maximum atomic E-state index is 13.1. The smallest absolute Gasteiger partial charge is 0.252 e. The molecule has 0 spiro atoms.